The summed E-state index contributed by atoms with van der Waals surface area (Å²) in [4.78, 5) is 21.3. The molecule has 0 spiro atoms. The zero-order valence-corrected chi connectivity index (χ0v) is 11.2. The number of aromatic nitrogens is 2. The minimum Gasteiger partial charge on any atom is -0.378 e. The van der Waals surface area contributed by atoms with Crippen LogP contribution in [0, 0.1) is 0 Å². The van der Waals surface area contributed by atoms with Crippen molar-refractivity contribution < 1.29 is 4.74 Å². The fourth-order valence-electron chi connectivity index (χ4n) is 2.04. The van der Waals surface area contributed by atoms with Crippen molar-refractivity contribution in [3.05, 3.63) is 33.0 Å². The second kappa shape index (κ2) is 4.70. The van der Waals surface area contributed by atoms with Gasteiger partial charge >= 0.3 is 0 Å². The number of aromatic amines is 1. The first-order chi connectivity index (χ1) is 8.74. The number of ether oxygens (including phenoxy) is 1. The molecule has 0 atom stereocenters. The molecule has 0 amide bonds. The molecular weight excluding hydrogens is 298 g/mol. The molecule has 1 aromatic carbocycles. The molecule has 18 heavy (non-hydrogen) atoms. The average molecular weight is 310 g/mol. The summed E-state index contributed by atoms with van der Waals surface area (Å²) in [5, 5.41) is 0. The normalized spacial score (nSPS) is 16.2. The Labute approximate surface area is 112 Å². The highest BCUT2D eigenvalue weighted by molar-refractivity contribution is 9.10. The summed E-state index contributed by atoms with van der Waals surface area (Å²) in [6.45, 7) is 2.68. The molecule has 1 N–H and O–H groups in total. The van der Waals surface area contributed by atoms with Crippen LogP contribution in [0.5, 0.6) is 0 Å². The van der Waals surface area contributed by atoms with Crippen LogP contribution >= 0.6 is 15.9 Å². The van der Waals surface area contributed by atoms with Crippen LogP contribution in [0.2, 0.25) is 0 Å². The largest absolute Gasteiger partial charge is 0.378 e. The first kappa shape index (κ1) is 11.7. The summed E-state index contributed by atoms with van der Waals surface area (Å²) in [5.41, 5.74) is 1.39. The second-order valence-electron chi connectivity index (χ2n) is 4.15. The van der Waals surface area contributed by atoms with Gasteiger partial charge in [-0.1, -0.05) is 15.9 Å². The molecule has 2 aromatic rings. The van der Waals surface area contributed by atoms with Crippen LogP contribution in [-0.4, -0.2) is 36.3 Å². The van der Waals surface area contributed by atoms with E-state index in [1.165, 1.54) is 0 Å². The van der Waals surface area contributed by atoms with Gasteiger partial charge < -0.3 is 14.6 Å². The average Bonchev–Trinajstić information content (AvgIpc) is 2.39. The number of hydrogen-bond donors (Lipinski definition) is 1. The second-order valence-corrected chi connectivity index (χ2v) is 5.07. The third-order valence-electron chi connectivity index (χ3n) is 2.95. The topological polar surface area (TPSA) is 58.2 Å². The molecule has 1 aromatic heterocycles. The van der Waals surface area contributed by atoms with Gasteiger partial charge in [0.2, 0.25) is 0 Å². The van der Waals surface area contributed by atoms with E-state index in [-0.39, 0.29) is 5.56 Å². The fourth-order valence-corrected chi connectivity index (χ4v) is 2.38. The zero-order valence-electron chi connectivity index (χ0n) is 9.65. The van der Waals surface area contributed by atoms with E-state index in [4.69, 9.17) is 4.74 Å². The lowest BCUT2D eigenvalue weighted by Crippen LogP contribution is -2.39. The summed E-state index contributed by atoms with van der Waals surface area (Å²) >= 11 is 3.41. The number of halogens is 1. The highest BCUT2D eigenvalue weighted by atomic mass is 79.9. The molecule has 1 aliphatic rings. The fraction of sp³-hybridized carbons (Fsp3) is 0.333. The van der Waals surface area contributed by atoms with Crippen molar-refractivity contribution in [3.8, 4) is 0 Å². The quantitative estimate of drug-likeness (QED) is 0.868. The smallest absolute Gasteiger partial charge is 0.291 e. The van der Waals surface area contributed by atoms with E-state index < -0.39 is 0 Å². The molecule has 2 heterocycles. The summed E-state index contributed by atoms with van der Waals surface area (Å²) < 4.78 is 6.23. The number of hydrogen-bond acceptors (Lipinski definition) is 4. The predicted octanol–water partition coefficient (Wildman–Crippen LogP) is 1.52. The molecule has 0 radical (unpaired) electrons. The van der Waals surface area contributed by atoms with Crippen molar-refractivity contribution >= 4 is 32.8 Å². The van der Waals surface area contributed by atoms with Gasteiger partial charge in [0.25, 0.3) is 5.56 Å². The first-order valence-corrected chi connectivity index (χ1v) is 6.55. The van der Waals surface area contributed by atoms with Crippen LogP contribution in [0.15, 0.2) is 27.5 Å². The highest BCUT2D eigenvalue weighted by Crippen LogP contribution is 2.17. The van der Waals surface area contributed by atoms with Gasteiger partial charge in [0.05, 0.1) is 24.2 Å². The molecule has 0 saturated carbocycles. The van der Waals surface area contributed by atoms with E-state index in [0.717, 1.165) is 15.5 Å². The molecule has 1 fully saturated rings. The van der Waals surface area contributed by atoms with Gasteiger partial charge in [-0.25, -0.2) is 4.98 Å². The third-order valence-corrected chi connectivity index (χ3v) is 3.44. The van der Waals surface area contributed by atoms with E-state index in [9.17, 15) is 4.79 Å². The molecule has 0 unspecified atom stereocenters. The Bertz CT molecular complexity index is 635. The van der Waals surface area contributed by atoms with Gasteiger partial charge in [-0.15, -0.1) is 0 Å². The number of morpholine rings is 1. The minimum atomic E-state index is -0.147. The van der Waals surface area contributed by atoms with Gasteiger partial charge in [0.1, 0.15) is 0 Å². The van der Waals surface area contributed by atoms with Crippen molar-refractivity contribution in [1.82, 2.24) is 9.97 Å². The number of H-pyrrole nitrogens is 1. The van der Waals surface area contributed by atoms with Crippen LogP contribution in [0.25, 0.3) is 11.0 Å². The van der Waals surface area contributed by atoms with Crippen molar-refractivity contribution in [2.45, 2.75) is 0 Å². The van der Waals surface area contributed by atoms with E-state index in [1.807, 2.05) is 23.1 Å². The van der Waals surface area contributed by atoms with E-state index in [1.54, 1.807) is 0 Å². The minimum absolute atomic E-state index is 0.147. The predicted molar refractivity (Wildman–Crippen MR) is 73.1 cm³/mol. The lowest BCUT2D eigenvalue weighted by atomic mass is 10.3. The number of rotatable bonds is 1. The Morgan fingerprint density at radius 3 is 2.89 bits per heavy atom. The van der Waals surface area contributed by atoms with E-state index in [2.05, 4.69) is 25.9 Å². The van der Waals surface area contributed by atoms with Gasteiger partial charge in [-0.2, -0.15) is 0 Å². The Hall–Kier alpha value is -1.40. The van der Waals surface area contributed by atoms with Crippen molar-refractivity contribution in [2.24, 2.45) is 0 Å². The van der Waals surface area contributed by atoms with Crippen molar-refractivity contribution in [2.75, 3.05) is 31.2 Å². The molecule has 5 nitrogen and oxygen atoms in total. The maximum atomic E-state index is 12.0. The van der Waals surface area contributed by atoms with Crippen LogP contribution in [0.4, 0.5) is 5.82 Å². The number of nitrogens with zero attached hydrogens (tertiary/aromatic N) is 2. The van der Waals surface area contributed by atoms with Gasteiger partial charge in [0, 0.05) is 17.6 Å². The van der Waals surface area contributed by atoms with Crippen LogP contribution < -0.4 is 10.5 Å². The summed E-state index contributed by atoms with van der Waals surface area (Å²) in [6, 6.07) is 5.63. The third kappa shape index (κ3) is 2.13. The number of benzene rings is 1. The molecule has 94 valence electrons. The van der Waals surface area contributed by atoms with Crippen LogP contribution in [0.1, 0.15) is 0 Å². The van der Waals surface area contributed by atoms with Crippen molar-refractivity contribution in [1.29, 1.82) is 0 Å². The van der Waals surface area contributed by atoms with Gasteiger partial charge in [-0.05, 0) is 18.2 Å². The maximum absolute atomic E-state index is 12.0. The Kier molecular flexibility index (Phi) is 3.05. The monoisotopic (exact) mass is 309 g/mol. The molecular formula is C12H12BrN3O2. The number of anilines is 1. The standard InChI is InChI=1S/C12H12BrN3O2/c13-8-1-2-9-10(7-8)14-11(12(17)15-9)16-3-5-18-6-4-16/h1-2,7H,3-6H2,(H,15,17). The van der Waals surface area contributed by atoms with E-state index in [0.29, 0.717) is 32.1 Å². The first-order valence-electron chi connectivity index (χ1n) is 5.76. The molecule has 1 aliphatic heterocycles. The van der Waals surface area contributed by atoms with Gasteiger partial charge in [-0.3, -0.25) is 4.79 Å². The summed E-state index contributed by atoms with van der Waals surface area (Å²) in [7, 11) is 0. The molecule has 1 saturated heterocycles. The molecule has 0 bridgehead atoms. The Balaban J connectivity index is 2.10. The Morgan fingerprint density at radius 2 is 2.11 bits per heavy atom. The maximum Gasteiger partial charge on any atom is 0.291 e. The zero-order chi connectivity index (χ0) is 12.5. The Morgan fingerprint density at radius 1 is 1.33 bits per heavy atom. The lowest BCUT2D eigenvalue weighted by Gasteiger charge is -2.27. The number of nitrogens with one attached hydrogen (secondary N) is 1. The summed E-state index contributed by atoms with van der Waals surface area (Å²) in [6.07, 6.45) is 0. The molecule has 3 rings (SSSR count). The highest BCUT2D eigenvalue weighted by Gasteiger charge is 2.16. The molecule has 6 heteroatoms. The van der Waals surface area contributed by atoms with Crippen LogP contribution in [0.3, 0.4) is 0 Å². The van der Waals surface area contributed by atoms with E-state index >= 15 is 0 Å². The van der Waals surface area contributed by atoms with Crippen LogP contribution in [-0.2, 0) is 4.74 Å². The SMILES string of the molecule is O=c1[nH]c2ccc(Br)cc2nc1N1CCOCC1. The molecule has 0 aliphatic carbocycles. The van der Waals surface area contributed by atoms with Gasteiger partial charge in [0.15, 0.2) is 5.82 Å². The summed E-state index contributed by atoms with van der Waals surface area (Å²) in [5.74, 6) is 0.476. The van der Waals surface area contributed by atoms with Crippen molar-refractivity contribution in [3.63, 3.8) is 0 Å². The number of fused-ring (bicyclic) bond motifs is 1. The lowest BCUT2D eigenvalue weighted by molar-refractivity contribution is 0.122.